The molecule has 0 aliphatic carbocycles. The Hall–Kier alpha value is -2.24. The van der Waals surface area contributed by atoms with Crippen LogP contribution in [0.5, 0.6) is 5.75 Å². The normalized spacial score (nSPS) is 10.3. The maximum Gasteiger partial charge on any atom is 0.257 e. The average Bonchev–Trinajstić information content (AvgIpc) is 2.36. The lowest BCUT2D eigenvalue weighted by atomic mass is 10.1. The van der Waals surface area contributed by atoms with Crippen LogP contribution in [-0.4, -0.2) is 25.0 Å². The fourth-order valence-corrected chi connectivity index (χ4v) is 1.60. The standard InChI is InChI=1S/C14H21N3O3/c1-9(2)6-7-17-12(18)8-20-13-10(14(16)19)4-3-5-11(13)15/h3-5,9H,6-8,15H2,1-2H3,(H2,16,19)(H,17,18). The number of ether oxygens (including phenoxy) is 1. The summed E-state index contributed by atoms with van der Waals surface area (Å²) in [6, 6.07) is 4.69. The van der Waals surface area contributed by atoms with Crippen molar-refractivity contribution in [1.29, 1.82) is 0 Å². The van der Waals surface area contributed by atoms with Crippen LogP contribution in [0.1, 0.15) is 30.6 Å². The minimum atomic E-state index is -0.646. The second-order valence-electron chi connectivity index (χ2n) is 4.91. The lowest BCUT2D eigenvalue weighted by molar-refractivity contribution is -0.123. The summed E-state index contributed by atoms with van der Waals surface area (Å²) in [6.07, 6.45) is 0.895. The van der Waals surface area contributed by atoms with Crippen molar-refractivity contribution in [1.82, 2.24) is 5.32 Å². The zero-order valence-electron chi connectivity index (χ0n) is 11.8. The fourth-order valence-electron chi connectivity index (χ4n) is 1.60. The minimum Gasteiger partial charge on any atom is -0.481 e. The van der Waals surface area contributed by atoms with E-state index < -0.39 is 5.91 Å². The molecule has 5 N–H and O–H groups in total. The summed E-state index contributed by atoms with van der Waals surface area (Å²) in [4.78, 5) is 22.8. The van der Waals surface area contributed by atoms with Crippen LogP contribution in [0.2, 0.25) is 0 Å². The molecule has 0 aliphatic heterocycles. The molecule has 6 nitrogen and oxygen atoms in total. The number of para-hydroxylation sites is 1. The molecule has 0 saturated heterocycles. The lowest BCUT2D eigenvalue weighted by Crippen LogP contribution is -2.30. The topological polar surface area (TPSA) is 107 Å². The van der Waals surface area contributed by atoms with Crippen molar-refractivity contribution in [2.24, 2.45) is 11.7 Å². The minimum absolute atomic E-state index is 0.152. The molecule has 1 rings (SSSR count). The van der Waals surface area contributed by atoms with Gasteiger partial charge in [-0.2, -0.15) is 0 Å². The number of rotatable bonds is 7. The highest BCUT2D eigenvalue weighted by Crippen LogP contribution is 2.25. The SMILES string of the molecule is CC(C)CCNC(=O)COc1c(N)cccc1C(N)=O. The van der Waals surface area contributed by atoms with E-state index in [0.29, 0.717) is 12.5 Å². The molecule has 6 heteroatoms. The Morgan fingerprint density at radius 1 is 1.35 bits per heavy atom. The molecule has 0 atom stereocenters. The predicted molar refractivity (Wildman–Crippen MR) is 77.3 cm³/mol. The highest BCUT2D eigenvalue weighted by Gasteiger charge is 2.13. The Balaban J connectivity index is 2.57. The van der Waals surface area contributed by atoms with Crippen LogP contribution in [0.25, 0.3) is 0 Å². The molecule has 0 spiro atoms. The molecule has 20 heavy (non-hydrogen) atoms. The van der Waals surface area contributed by atoms with Gasteiger partial charge in [-0.1, -0.05) is 19.9 Å². The van der Waals surface area contributed by atoms with Crippen molar-refractivity contribution in [2.75, 3.05) is 18.9 Å². The van der Waals surface area contributed by atoms with E-state index in [1.54, 1.807) is 12.1 Å². The Kier molecular flexibility index (Phi) is 5.83. The summed E-state index contributed by atoms with van der Waals surface area (Å²) >= 11 is 0. The monoisotopic (exact) mass is 279 g/mol. The molecule has 2 amide bonds. The van der Waals surface area contributed by atoms with Crippen LogP contribution in [0.4, 0.5) is 5.69 Å². The number of benzene rings is 1. The number of carbonyl (C=O) groups excluding carboxylic acids is 2. The van der Waals surface area contributed by atoms with Gasteiger partial charge in [0.15, 0.2) is 12.4 Å². The van der Waals surface area contributed by atoms with Gasteiger partial charge in [-0.15, -0.1) is 0 Å². The number of hydrogen-bond acceptors (Lipinski definition) is 4. The number of amides is 2. The van der Waals surface area contributed by atoms with Gasteiger partial charge in [-0.05, 0) is 24.5 Å². The first-order valence-electron chi connectivity index (χ1n) is 6.49. The van der Waals surface area contributed by atoms with Gasteiger partial charge >= 0.3 is 0 Å². The first-order valence-corrected chi connectivity index (χ1v) is 6.49. The molecule has 0 saturated carbocycles. The molecule has 1 aromatic rings. The van der Waals surface area contributed by atoms with Gasteiger partial charge in [0, 0.05) is 6.54 Å². The first-order chi connectivity index (χ1) is 9.41. The Morgan fingerprint density at radius 2 is 2.05 bits per heavy atom. The number of nitrogens with two attached hydrogens (primary N) is 2. The third-order valence-electron chi connectivity index (χ3n) is 2.70. The fraction of sp³-hybridized carbons (Fsp3) is 0.429. The van der Waals surface area contributed by atoms with E-state index in [1.807, 2.05) is 0 Å². The van der Waals surface area contributed by atoms with Crippen LogP contribution in [-0.2, 0) is 4.79 Å². The number of nitrogens with one attached hydrogen (secondary N) is 1. The van der Waals surface area contributed by atoms with E-state index in [1.165, 1.54) is 6.07 Å². The second kappa shape index (κ2) is 7.37. The summed E-state index contributed by atoms with van der Waals surface area (Å²) in [5.74, 6) is -0.238. The van der Waals surface area contributed by atoms with Gasteiger partial charge < -0.3 is 21.5 Å². The van der Waals surface area contributed by atoms with E-state index in [4.69, 9.17) is 16.2 Å². The maximum absolute atomic E-state index is 11.6. The van der Waals surface area contributed by atoms with Crippen molar-refractivity contribution in [3.63, 3.8) is 0 Å². The van der Waals surface area contributed by atoms with Gasteiger partial charge in [0.25, 0.3) is 11.8 Å². The predicted octanol–water partition coefficient (Wildman–Crippen LogP) is 0.909. The van der Waals surface area contributed by atoms with Gasteiger partial charge in [0.05, 0.1) is 11.3 Å². The molecule has 0 aliphatic rings. The number of nitrogen functional groups attached to an aromatic ring is 1. The summed E-state index contributed by atoms with van der Waals surface area (Å²) in [5, 5.41) is 2.73. The first kappa shape index (κ1) is 15.8. The highest BCUT2D eigenvalue weighted by molar-refractivity contribution is 5.97. The molecule has 0 heterocycles. The van der Waals surface area contributed by atoms with E-state index in [2.05, 4.69) is 19.2 Å². The molecule has 0 radical (unpaired) electrons. The van der Waals surface area contributed by atoms with Crippen LogP contribution in [0.3, 0.4) is 0 Å². The highest BCUT2D eigenvalue weighted by atomic mass is 16.5. The molecular formula is C14H21N3O3. The summed E-state index contributed by atoms with van der Waals surface area (Å²) in [7, 11) is 0. The third kappa shape index (κ3) is 4.79. The quantitative estimate of drug-likeness (QED) is 0.645. The largest absolute Gasteiger partial charge is 0.481 e. The van der Waals surface area contributed by atoms with E-state index in [9.17, 15) is 9.59 Å². The molecule has 0 unspecified atom stereocenters. The van der Waals surface area contributed by atoms with Crippen molar-refractivity contribution in [3.8, 4) is 5.75 Å². The van der Waals surface area contributed by atoms with Crippen molar-refractivity contribution in [2.45, 2.75) is 20.3 Å². The van der Waals surface area contributed by atoms with Crippen molar-refractivity contribution >= 4 is 17.5 Å². The van der Waals surface area contributed by atoms with E-state index in [0.717, 1.165) is 6.42 Å². The molecule has 1 aromatic carbocycles. The summed E-state index contributed by atoms with van der Waals surface area (Å²) in [6.45, 7) is 4.54. The number of hydrogen-bond donors (Lipinski definition) is 3. The summed E-state index contributed by atoms with van der Waals surface area (Å²) < 4.78 is 5.31. The number of anilines is 1. The third-order valence-corrected chi connectivity index (χ3v) is 2.70. The Bertz CT molecular complexity index is 487. The van der Waals surface area contributed by atoms with E-state index in [-0.39, 0.29) is 29.5 Å². The Morgan fingerprint density at radius 3 is 2.65 bits per heavy atom. The smallest absolute Gasteiger partial charge is 0.257 e. The average molecular weight is 279 g/mol. The molecule has 0 aromatic heterocycles. The molecule has 0 fully saturated rings. The van der Waals surface area contributed by atoms with Crippen LogP contribution in [0, 0.1) is 5.92 Å². The zero-order valence-corrected chi connectivity index (χ0v) is 11.8. The van der Waals surface area contributed by atoms with Gasteiger partial charge in [0.2, 0.25) is 0 Å². The van der Waals surface area contributed by atoms with Gasteiger partial charge in [-0.3, -0.25) is 9.59 Å². The summed E-state index contributed by atoms with van der Waals surface area (Å²) in [5.41, 5.74) is 11.4. The van der Waals surface area contributed by atoms with Crippen molar-refractivity contribution in [3.05, 3.63) is 23.8 Å². The Labute approximate surface area is 118 Å². The molecule has 110 valence electrons. The molecular weight excluding hydrogens is 258 g/mol. The van der Waals surface area contributed by atoms with Crippen LogP contribution < -0.4 is 21.5 Å². The second-order valence-corrected chi connectivity index (χ2v) is 4.91. The van der Waals surface area contributed by atoms with Crippen LogP contribution in [0.15, 0.2) is 18.2 Å². The van der Waals surface area contributed by atoms with Gasteiger partial charge in [0.1, 0.15) is 0 Å². The number of carbonyl (C=O) groups is 2. The van der Waals surface area contributed by atoms with Gasteiger partial charge in [-0.25, -0.2) is 0 Å². The molecule has 0 bridgehead atoms. The van der Waals surface area contributed by atoms with E-state index >= 15 is 0 Å². The zero-order chi connectivity index (χ0) is 15.1. The maximum atomic E-state index is 11.6. The van der Waals surface area contributed by atoms with Crippen LogP contribution >= 0.6 is 0 Å². The number of primary amides is 1. The van der Waals surface area contributed by atoms with Crippen molar-refractivity contribution < 1.29 is 14.3 Å². The lowest BCUT2D eigenvalue weighted by Gasteiger charge is -2.12.